The summed E-state index contributed by atoms with van der Waals surface area (Å²) in [7, 11) is 0. The molecule has 1 aliphatic rings. The van der Waals surface area contributed by atoms with Crippen LogP contribution in [-0.2, 0) is 11.3 Å². The van der Waals surface area contributed by atoms with Gasteiger partial charge in [-0.05, 0) is 42.2 Å². The minimum atomic E-state index is 0.388. The molecule has 0 aliphatic heterocycles. The molecule has 0 aromatic carbocycles. The van der Waals surface area contributed by atoms with E-state index in [2.05, 4.69) is 25.8 Å². The number of hydrogen-bond acceptors (Lipinski definition) is 2. The van der Waals surface area contributed by atoms with Crippen LogP contribution in [0, 0.1) is 17.8 Å². The molecule has 2 nitrogen and oxygen atoms in total. The van der Waals surface area contributed by atoms with Gasteiger partial charge in [0.05, 0.1) is 12.7 Å². The van der Waals surface area contributed by atoms with E-state index >= 15 is 0 Å². The third-order valence-corrected chi connectivity index (χ3v) is 4.44. The Morgan fingerprint density at radius 2 is 2.16 bits per heavy atom. The SMILES string of the molecule is CC1CCC(C(C)C)C(OCc2ccc(Cl)nc2)C1. The zero-order valence-corrected chi connectivity index (χ0v) is 12.9. The summed E-state index contributed by atoms with van der Waals surface area (Å²) in [5.41, 5.74) is 1.10. The summed E-state index contributed by atoms with van der Waals surface area (Å²) in [5.74, 6) is 2.17. The second kappa shape index (κ2) is 6.71. The topological polar surface area (TPSA) is 22.1 Å². The van der Waals surface area contributed by atoms with Crippen LogP contribution in [0.3, 0.4) is 0 Å². The average Bonchev–Trinajstić information content (AvgIpc) is 2.38. The summed E-state index contributed by atoms with van der Waals surface area (Å²) in [6, 6.07) is 3.82. The zero-order chi connectivity index (χ0) is 13.8. The Kier molecular flexibility index (Phi) is 5.23. The van der Waals surface area contributed by atoms with E-state index in [1.54, 1.807) is 6.20 Å². The van der Waals surface area contributed by atoms with E-state index < -0.39 is 0 Å². The van der Waals surface area contributed by atoms with Crippen molar-refractivity contribution in [2.45, 2.75) is 52.7 Å². The lowest BCUT2D eigenvalue weighted by Crippen LogP contribution is -2.34. The van der Waals surface area contributed by atoms with Gasteiger partial charge in [0, 0.05) is 6.20 Å². The maximum atomic E-state index is 6.17. The third kappa shape index (κ3) is 4.19. The van der Waals surface area contributed by atoms with E-state index in [4.69, 9.17) is 16.3 Å². The first-order valence-electron chi connectivity index (χ1n) is 7.28. The number of nitrogens with zero attached hydrogens (tertiary/aromatic N) is 1. The molecule has 19 heavy (non-hydrogen) atoms. The molecule has 1 aromatic heterocycles. The molecule has 1 aromatic rings. The van der Waals surface area contributed by atoms with Gasteiger partial charge in [0.2, 0.25) is 0 Å². The molecular formula is C16H24ClNO. The van der Waals surface area contributed by atoms with Crippen molar-refractivity contribution >= 4 is 11.6 Å². The molecule has 0 spiro atoms. The Bertz CT molecular complexity index is 390. The third-order valence-electron chi connectivity index (χ3n) is 4.21. The van der Waals surface area contributed by atoms with Gasteiger partial charge in [-0.1, -0.05) is 44.9 Å². The molecule has 0 amide bonds. The van der Waals surface area contributed by atoms with E-state index in [1.807, 2.05) is 12.1 Å². The van der Waals surface area contributed by atoms with E-state index in [1.165, 1.54) is 19.3 Å². The quantitative estimate of drug-likeness (QED) is 0.746. The maximum Gasteiger partial charge on any atom is 0.129 e. The Labute approximate surface area is 121 Å². The lowest BCUT2D eigenvalue weighted by molar-refractivity contribution is -0.0473. The van der Waals surface area contributed by atoms with Crippen LogP contribution in [0.2, 0.25) is 5.15 Å². The van der Waals surface area contributed by atoms with Gasteiger partial charge in [-0.2, -0.15) is 0 Å². The van der Waals surface area contributed by atoms with Gasteiger partial charge in [-0.15, -0.1) is 0 Å². The summed E-state index contributed by atoms with van der Waals surface area (Å²) >= 11 is 5.79. The van der Waals surface area contributed by atoms with Crippen molar-refractivity contribution in [3.63, 3.8) is 0 Å². The van der Waals surface area contributed by atoms with Crippen LogP contribution in [-0.4, -0.2) is 11.1 Å². The van der Waals surface area contributed by atoms with Crippen molar-refractivity contribution in [2.75, 3.05) is 0 Å². The van der Waals surface area contributed by atoms with E-state index in [0.29, 0.717) is 29.7 Å². The Balaban J connectivity index is 1.93. The molecule has 0 saturated heterocycles. The van der Waals surface area contributed by atoms with Gasteiger partial charge >= 0.3 is 0 Å². The molecule has 0 radical (unpaired) electrons. The highest BCUT2D eigenvalue weighted by Crippen LogP contribution is 2.35. The van der Waals surface area contributed by atoms with Gasteiger partial charge in [0.1, 0.15) is 5.15 Å². The second-order valence-corrected chi connectivity index (χ2v) is 6.55. The van der Waals surface area contributed by atoms with Crippen molar-refractivity contribution in [1.29, 1.82) is 0 Å². The summed E-state index contributed by atoms with van der Waals surface area (Å²) in [6.07, 6.45) is 6.01. The number of pyridine rings is 1. The highest BCUT2D eigenvalue weighted by atomic mass is 35.5. The van der Waals surface area contributed by atoms with Crippen LogP contribution in [0.5, 0.6) is 0 Å². The van der Waals surface area contributed by atoms with Crippen LogP contribution in [0.1, 0.15) is 45.6 Å². The molecule has 0 bridgehead atoms. The number of aromatic nitrogens is 1. The van der Waals surface area contributed by atoms with Gasteiger partial charge in [0.25, 0.3) is 0 Å². The average molecular weight is 282 g/mol. The monoisotopic (exact) mass is 281 g/mol. The summed E-state index contributed by atoms with van der Waals surface area (Å²) in [6.45, 7) is 7.59. The summed E-state index contributed by atoms with van der Waals surface area (Å²) < 4.78 is 6.17. The van der Waals surface area contributed by atoms with Crippen molar-refractivity contribution < 1.29 is 4.74 Å². The van der Waals surface area contributed by atoms with Crippen LogP contribution in [0.4, 0.5) is 0 Å². The first-order valence-corrected chi connectivity index (χ1v) is 7.66. The normalized spacial score (nSPS) is 27.7. The van der Waals surface area contributed by atoms with Crippen molar-refractivity contribution in [3.8, 4) is 0 Å². The second-order valence-electron chi connectivity index (χ2n) is 6.16. The number of halogens is 1. The van der Waals surface area contributed by atoms with E-state index in [0.717, 1.165) is 11.5 Å². The van der Waals surface area contributed by atoms with E-state index in [9.17, 15) is 0 Å². The molecular weight excluding hydrogens is 258 g/mol. The Morgan fingerprint density at radius 3 is 2.79 bits per heavy atom. The van der Waals surface area contributed by atoms with Crippen molar-refractivity contribution in [1.82, 2.24) is 4.98 Å². The fraction of sp³-hybridized carbons (Fsp3) is 0.688. The van der Waals surface area contributed by atoms with E-state index in [-0.39, 0.29) is 0 Å². The van der Waals surface area contributed by atoms with Crippen LogP contribution >= 0.6 is 11.6 Å². The summed E-state index contributed by atoms with van der Waals surface area (Å²) in [4.78, 5) is 4.10. The predicted molar refractivity (Wildman–Crippen MR) is 79.2 cm³/mol. The van der Waals surface area contributed by atoms with Crippen molar-refractivity contribution in [3.05, 3.63) is 29.0 Å². The molecule has 106 valence electrons. The molecule has 1 aliphatic carbocycles. The fourth-order valence-electron chi connectivity index (χ4n) is 3.00. The predicted octanol–water partition coefficient (Wildman–Crippen LogP) is 4.71. The molecule has 1 heterocycles. The Hall–Kier alpha value is -0.600. The molecule has 1 saturated carbocycles. The molecule has 1 fully saturated rings. The minimum Gasteiger partial charge on any atom is -0.373 e. The minimum absolute atomic E-state index is 0.388. The van der Waals surface area contributed by atoms with Gasteiger partial charge in [0.15, 0.2) is 0 Å². The molecule has 3 atom stereocenters. The smallest absolute Gasteiger partial charge is 0.129 e. The Morgan fingerprint density at radius 1 is 1.37 bits per heavy atom. The highest BCUT2D eigenvalue weighted by molar-refractivity contribution is 6.29. The lowest BCUT2D eigenvalue weighted by atomic mass is 9.75. The lowest BCUT2D eigenvalue weighted by Gasteiger charge is -2.37. The number of rotatable bonds is 4. The van der Waals surface area contributed by atoms with Crippen LogP contribution in [0.25, 0.3) is 0 Å². The van der Waals surface area contributed by atoms with Gasteiger partial charge in [-0.3, -0.25) is 0 Å². The van der Waals surface area contributed by atoms with Gasteiger partial charge in [-0.25, -0.2) is 4.98 Å². The molecule has 3 unspecified atom stereocenters. The zero-order valence-electron chi connectivity index (χ0n) is 12.1. The van der Waals surface area contributed by atoms with Gasteiger partial charge < -0.3 is 4.74 Å². The molecule has 2 rings (SSSR count). The van der Waals surface area contributed by atoms with Crippen LogP contribution < -0.4 is 0 Å². The fourth-order valence-corrected chi connectivity index (χ4v) is 3.11. The summed E-state index contributed by atoms with van der Waals surface area (Å²) in [5, 5.41) is 0.537. The van der Waals surface area contributed by atoms with Crippen LogP contribution in [0.15, 0.2) is 18.3 Å². The van der Waals surface area contributed by atoms with Crippen molar-refractivity contribution in [2.24, 2.45) is 17.8 Å². The standard InChI is InChI=1S/C16H24ClNO/c1-11(2)14-6-4-12(3)8-15(14)19-10-13-5-7-16(17)18-9-13/h5,7,9,11-12,14-15H,4,6,8,10H2,1-3H3. The first kappa shape index (κ1) is 14.8. The highest BCUT2D eigenvalue weighted by Gasteiger charge is 2.31. The number of ether oxygens (including phenoxy) is 1. The largest absolute Gasteiger partial charge is 0.373 e. The number of hydrogen-bond donors (Lipinski definition) is 0. The first-order chi connectivity index (χ1) is 9.06. The molecule has 0 N–H and O–H groups in total. The molecule has 3 heteroatoms. The maximum absolute atomic E-state index is 6.17.